The molecule has 3 rings (SSSR count). The molecule has 2 aliphatic heterocycles. The van der Waals surface area contributed by atoms with Gasteiger partial charge >= 0.3 is 13.7 Å². The summed E-state index contributed by atoms with van der Waals surface area (Å²) in [7, 11) is 2.39. The van der Waals surface area contributed by atoms with E-state index in [1.807, 2.05) is 14.1 Å². The molecule has 1 aromatic rings. The lowest BCUT2D eigenvalue weighted by Gasteiger charge is -2.49. The average molecular weight is 512 g/mol. The van der Waals surface area contributed by atoms with Gasteiger partial charge in [-0.15, -0.1) is 11.8 Å². The van der Waals surface area contributed by atoms with Crippen LogP contribution in [0, 0.1) is 10.1 Å². The van der Waals surface area contributed by atoms with Crippen LogP contribution in [0.25, 0.3) is 0 Å². The lowest BCUT2D eigenvalue weighted by atomic mass is 10.0. The fourth-order valence-corrected chi connectivity index (χ4v) is 5.64. The van der Waals surface area contributed by atoms with Crippen LogP contribution in [0.1, 0.15) is 5.56 Å². The van der Waals surface area contributed by atoms with E-state index < -0.39 is 36.0 Å². The molecule has 0 aromatic heterocycles. The van der Waals surface area contributed by atoms with Gasteiger partial charge in [-0.3, -0.25) is 19.8 Å². The maximum absolute atomic E-state index is 13.1. The van der Waals surface area contributed by atoms with Gasteiger partial charge in [0.2, 0.25) is 5.91 Å². The van der Waals surface area contributed by atoms with Crippen LogP contribution in [0.2, 0.25) is 0 Å². The van der Waals surface area contributed by atoms with Crippen molar-refractivity contribution in [3.8, 4) is 0 Å². The number of amides is 1. The number of nitro benzene ring substituents is 1. The highest BCUT2D eigenvalue weighted by Gasteiger charge is 2.55. The van der Waals surface area contributed by atoms with Gasteiger partial charge < -0.3 is 18.7 Å². The van der Waals surface area contributed by atoms with E-state index in [9.17, 15) is 24.3 Å². The summed E-state index contributed by atoms with van der Waals surface area (Å²) in [5.74, 6) is -0.775. The van der Waals surface area contributed by atoms with E-state index in [0.29, 0.717) is 16.9 Å². The molecule has 1 fully saturated rings. The van der Waals surface area contributed by atoms with Crippen LogP contribution in [0.5, 0.6) is 0 Å². The van der Waals surface area contributed by atoms with Crippen molar-refractivity contribution in [3.63, 3.8) is 0 Å². The van der Waals surface area contributed by atoms with Gasteiger partial charge in [-0.2, -0.15) is 0 Å². The number of fused-ring (bicyclic) bond motifs is 1. The second kappa shape index (κ2) is 10.7. The van der Waals surface area contributed by atoms with E-state index in [-0.39, 0.29) is 18.0 Å². The molecule has 0 spiro atoms. The Morgan fingerprint density at radius 1 is 1.32 bits per heavy atom. The van der Waals surface area contributed by atoms with Gasteiger partial charge in [0.15, 0.2) is 0 Å². The SMILES string of the molecule is COP(=O)(NC1C(=O)N2C(C(=O)OCc3ccc([N+](=O)[O-])cc3)=C(C=CN(C)C)CSC12)OC. The fraction of sp³-hybridized carbons (Fsp3) is 0.400. The zero-order chi connectivity index (χ0) is 25.0. The zero-order valence-corrected chi connectivity index (χ0v) is 20.7. The van der Waals surface area contributed by atoms with Crippen molar-refractivity contribution >= 4 is 37.1 Å². The molecule has 2 aliphatic rings. The summed E-state index contributed by atoms with van der Waals surface area (Å²) in [5, 5.41) is 12.9. The number of nitrogens with zero attached hydrogens (tertiary/aromatic N) is 3. The minimum atomic E-state index is -3.66. The summed E-state index contributed by atoms with van der Waals surface area (Å²) in [4.78, 5) is 39.4. The van der Waals surface area contributed by atoms with Crippen molar-refractivity contribution in [2.75, 3.05) is 34.1 Å². The average Bonchev–Trinajstić information content (AvgIpc) is 2.83. The highest BCUT2D eigenvalue weighted by Crippen LogP contribution is 2.48. The summed E-state index contributed by atoms with van der Waals surface area (Å²) in [6.45, 7) is -0.130. The smallest absolute Gasteiger partial charge is 0.405 e. The molecule has 2 unspecified atom stereocenters. The number of nitrogens with one attached hydrogen (secondary N) is 1. The Morgan fingerprint density at radius 3 is 2.53 bits per heavy atom. The lowest BCUT2D eigenvalue weighted by molar-refractivity contribution is -0.384. The van der Waals surface area contributed by atoms with Gasteiger partial charge in [-0.25, -0.2) is 14.4 Å². The van der Waals surface area contributed by atoms with Gasteiger partial charge in [-0.1, -0.05) is 0 Å². The Kier molecular flexibility index (Phi) is 8.16. The molecule has 0 radical (unpaired) electrons. The van der Waals surface area contributed by atoms with Gasteiger partial charge in [0.1, 0.15) is 23.7 Å². The van der Waals surface area contributed by atoms with Gasteiger partial charge in [0.05, 0.1) is 4.92 Å². The number of nitro groups is 1. The first-order valence-electron chi connectivity index (χ1n) is 10.0. The number of rotatable bonds is 10. The molecule has 12 nitrogen and oxygen atoms in total. The Labute approximate surface area is 200 Å². The Morgan fingerprint density at radius 2 is 1.97 bits per heavy atom. The highest BCUT2D eigenvalue weighted by molar-refractivity contribution is 8.00. The Balaban J connectivity index is 1.81. The van der Waals surface area contributed by atoms with E-state index >= 15 is 0 Å². The number of non-ortho nitro benzene ring substituents is 1. The first-order valence-corrected chi connectivity index (χ1v) is 12.6. The van der Waals surface area contributed by atoms with Crippen molar-refractivity contribution in [2.24, 2.45) is 0 Å². The standard InChI is InChI=1S/C20H25N4O8PS/c1-22(2)10-9-14-12-34-19-16(21-33(29,30-3)31-4)18(25)23(19)17(14)20(26)32-11-13-5-7-15(8-6-13)24(27)28/h5-10,16,19H,11-12H2,1-4H3,(H,21,29). The normalized spacial score (nSPS) is 20.2. The topological polar surface area (TPSA) is 141 Å². The maximum Gasteiger partial charge on any atom is 0.405 e. The minimum Gasteiger partial charge on any atom is -0.456 e. The lowest BCUT2D eigenvalue weighted by Crippen LogP contribution is -2.69. The van der Waals surface area contributed by atoms with E-state index in [0.717, 1.165) is 0 Å². The number of β-lactam (4-membered cyclic amide) rings is 1. The van der Waals surface area contributed by atoms with Crippen LogP contribution in [0.15, 0.2) is 47.8 Å². The number of esters is 1. The van der Waals surface area contributed by atoms with Gasteiger partial charge in [-0.05, 0) is 35.5 Å². The molecule has 14 heteroatoms. The quantitative estimate of drug-likeness (QED) is 0.162. The zero-order valence-electron chi connectivity index (χ0n) is 19.0. The number of carbonyl (C=O) groups is 2. The largest absolute Gasteiger partial charge is 0.456 e. The van der Waals surface area contributed by atoms with E-state index in [4.69, 9.17) is 13.8 Å². The Bertz CT molecular complexity index is 1070. The molecule has 1 N–H and O–H groups in total. The number of benzene rings is 1. The molecule has 2 heterocycles. The molecule has 0 bridgehead atoms. The third-order valence-corrected chi connectivity index (χ3v) is 7.92. The highest BCUT2D eigenvalue weighted by atomic mass is 32.2. The van der Waals surface area contributed by atoms with Crippen LogP contribution in [0.3, 0.4) is 0 Å². The van der Waals surface area contributed by atoms with E-state index in [1.165, 1.54) is 55.1 Å². The van der Waals surface area contributed by atoms with Crippen molar-refractivity contribution in [1.82, 2.24) is 14.9 Å². The van der Waals surface area contributed by atoms with Crippen LogP contribution in [-0.2, 0) is 34.5 Å². The van der Waals surface area contributed by atoms with Crippen LogP contribution >= 0.6 is 19.5 Å². The van der Waals surface area contributed by atoms with Gasteiger partial charge in [0.25, 0.3) is 5.69 Å². The molecular formula is C20H25N4O8PS. The fourth-order valence-electron chi connectivity index (χ4n) is 3.27. The second-order valence-electron chi connectivity index (χ2n) is 7.53. The molecular weight excluding hydrogens is 487 g/mol. The molecule has 0 saturated carbocycles. The molecule has 1 amide bonds. The second-order valence-corrected chi connectivity index (χ2v) is 10.6. The first kappa shape index (κ1) is 25.9. The predicted octanol–water partition coefficient (Wildman–Crippen LogP) is 2.24. The first-order chi connectivity index (χ1) is 16.1. The summed E-state index contributed by atoms with van der Waals surface area (Å²) in [6, 6.07) is 4.76. The monoisotopic (exact) mass is 512 g/mol. The number of allylic oxidation sites excluding steroid dienone is 1. The molecule has 1 saturated heterocycles. The van der Waals surface area contributed by atoms with Crippen molar-refractivity contribution in [2.45, 2.75) is 18.0 Å². The number of hydrogen-bond acceptors (Lipinski definition) is 10. The molecule has 1 aromatic carbocycles. The van der Waals surface area contributed by atoms with Crippen molar-refractivity contribution < 1.29 is 32.9 Å². The number of ether oxygens (including phenoxy) is 1. The number of thioether (sulfide) groups is 1. The summed E-state index contributed by atoms with van der Waals surface area (Å²) >= 11 is 1.40. The number of hydrogen-bond donors (Lipinski definition) is 1. The van der Waals surface area contributed by atoms with Crippen LogP contribution in [-0.4, -0.2) is 72.1 Å². The minimum absolute atomic E-state index is 0.0739. The van der Waals surface area contributed by atoms with E-state index in [1.54, 1.807) is 17.2 Å². The van der Waals surface area contributed by atoms with Crippen molar-refractivity contribution in [1.29, 1.82) is 0 Å². The van der Waals surface area contributed by atoms with Crippen LogP contribution in [0.4, 0.5) is 5.69 Å². The molecule has 0 aliphatic carbocycles. The third kappa shape index (κ3) is 5.50. The van der Waals surface area contributed by atoms with Crippen molar-refractivity contribution in [3.05, 3.63) is 63.5 Å². The summed E-state index contributed by atoms with van der Waals surface area (Å²) in [6.07, 6.45) is 3.48. The molecule has 184 valence electrons. The number of carbonyl (C=O) groups excluding carboxylic acids is 2. The third-order valence-electron chi connectivity index (χ3n) is 5.06. The molecule has 2 atom stereocenters. The van der Waals surface area contributed by atoms with Gasteiger partial charge in [0, 0.05) is 46.2 Å². The Hall–Kier alpha value is -2.70. The summed E-state index contributed by atoms with van der Waals surface area (Å²) < 4.78 is 27.6. The van der Waals surface area contributed by atoms with E-state index in [2.05, 4.69) is 5.09 Å². The summed E-state index contributed by atoms with van der Waals surface area (Å²) in [5.41, 5.74) is 1.17. The molecule has 34 heavy (non-hydrogen) atoms. The van der Waals surface area contributed by atoms with Crippen LogP contribution < -0.4 is 5.09 Å². The maximum atomic E-state index is 13.1. The predicted molar refractivity (Wildman–Crippen MR) is 124 cm³/mol.